The maximum atomic E-state index is 12.9. The number of hydrogen-bond donors (Lipinski definition) is 2. The second-order valence-electron chi connectivity index (χ2n) is 8.90. The van der Waals surface area contributed by atoms with Crippen LogP contribution in [-0.4, -0.2) is 32.3 Å². The predicted molar refractivity (Wildman–Crippen MR) is 145 cm³/mol. The molecule has 2 aromatic carbocycles. The molecule has 0 aliphatic rings. The molecule has 2 N–H and O–H groups in total. The standard InChI is InChI=1S/C26H32BrN5O2S/c1-7-32-24(22(15(2)3)29-25(34)19-10-8-16(4)9-11-19)30-31-26(32)35-14-21(33)28-23-17(5)12-20(27)13-18(23)6/h8-13,15,22H,7,14H2,1-6H3,(H,28,33)(H,29,34)/t22-/m1/s1. The first-order valence-electron chi connectivity index (χ1n) is 11.6. The molecular formula is C26H32BrN5O2S. The normalized spacial score (nSPS) is 12.0. The van der Waals surface area contributed by atoms with E-state index in [1.165, 1.54) is 11.8 Å². The van der Waals surface area contributed by atoms with Crippen LogP contribution in [0.4, 0.5) is 5.69 Å². The molecule has 9 heteroatoms. The van der Waals surface area contributed by atoms with E-state index in [2.05, 4.69) is 36.8 Å². The van der Waals surface area contributed by atoms with Crippen LogP contribution in [0.25, 0.3) is 0 Å². The van der Waals surface area contributed by atoms with Gasteiger partial charge in [-0.15, -0.1) is 10.2 Å². The lowest BCUT2D eigenvalue weighted by Crippen LogP contribution is -2.33. The third-order valence-corrected chi connectivity index (χ3v) is 7.13. The fraction of sp³-hybridized carbons (Fsp3) is 0.385. The summed E-state index contributed by atoms with van der Waals surface area (Å²) in [7, 11) is 0. The number of anilines is 1. The molecule has 186 valence electrons. The summed E-state index contributed by atoms with van der Waals surface area (Å²) in [5.41, 5.74) is 4.53. The van der Waals surface area contributed by atoms with E-state index in [0.717, 1.165) is 26.9 Å². The molecule has 0 fully saturated rings. The van der Waals surface area contributed by atoms with E-state index in [9.17, 15) is 9.59 Å². The molecule has 0 bridgehead atoms. The molecule has 1 heterocycles. The number of amides is 2. The second kappa shape index (κ2) is 11.9. The molecule has 0 spiro atoms. The SMILES string of the molecule is CCn1c(SCC(=O)Nc2c(C)cc(Br)cc2C)nnc1[C@H](NC(=O)c1ccc(C)cc1)C(C)C. The lowest BCUT2D eigenvalue weighted by molar-refractivity contribution is -0.113. The highest BCUT2D eigenvalue weighted by Gasteiger charge is 2.26. The number of rotatable bonds is 9. The number of carbonyl (C=O) groups is 2. The van der Waals surface area contributed by atoms with E-state index in [0.29, 0.717) is 23.1 Å². The van der Waals surface area contributed by atoms with Gasteiger partial charge in [0.05, 0.1) is 11.8 Å². The van der Waals surface area contributed by atoms with Crippen molar-refractivity contribution in [2.24, 2.45) is 5.92 Å². The summed E-state index contributed by atoms with van der Waals surface area (Å²) in [5.74, 6) is 0.732. The van der Waals surface area contributed by atoms with Crippen LogP contribution in [0.15, 0.2) is 46.0 Å². The Morgan fingerprint density at radius 1 is 1.06 bits per heavy atom. The van der Waals surface area contributed by atoms with Gasteiger partial charge < -0.3 is 15.2 Å². The van der Waals surface area contributed by atoms with Crippen LogP contribution in [0.5, 0.6) is 0 Å². The van der Waals surface area contributed by atoms with Gasteiger partial charge in [-0.3, -0.25) is 9.59 Å². The third kappa shape index (κ3) is 6.73. The van der Waals surface area contributed by atoms with Gasteiger partial charge in [0.25, 0.3) is 5.91 Å². The van der Waals surface area contributed by atoms with Crippen LogP contribution in [0.3, 0.4) is 0 Å². The summed E-state index contributed by atoms with van der Waals surface area (Å²) in [4.78, 5) is 25.6. The zero-order valence-corrected chi connectivity index (χ0v) is 23.4. The fourth-order valence-corrected chi connectivity index (χ4v) is 5.30. The number of aromatic nitrogens is 3. The maximum Gasteiger partial charge on any atom is 0.251 e. The van der Waals surface area contributed by atoms with Gasteiger partial charge in [-0.25, -0.2) is 0 Å². The number of hydrogen-bond acceptors (Lipinski definition) is 5. The topological polar surface area (TPSA) is 88.9 Å². The van der Waals surface area contributed by atoms with Crippen LogP contribution >= 0.6 is 27.7 Å². The number of nitrogens with one attached hydrogen (secondary N) is 2. The smallest absolute Gasteiger partial charge is 0.251 e. The van der Waals surface area contributed by atoms with Crippen molar-refractivity contribution in [2.45, 2.75) is 59.3 Å². The Bertz CT molecular complexity index is 1180. The Labute approximate surface area is 219 Å². The summed E-state index contributed by atoms with van der Waals surface area (Å²) >= 11 is 4.82. The van der Waals surface area contributed by atoms with Crippen molar-refractivity contribution in [1.82, 2.24) is 20.1 Å². The highest BCUT2D eigenvalue weighted by Crippen LogP contribution is 2.27. The summed E-state index contributed by atoms with van der Waals surface area (Å²) < 4.78 is 2.95. The third-order valence-electron chi connectivity index (χ3n) is 5.70. The molecule has 7 nitrogen and oxygen atoms in total. The second-order valence-corrected chi connectivity index (χ2v) is 10.8. The fourth-order valence-electron chi connectivity index (χ4n) is 3.81. The molecule has 0 aliphatic carbocycles. The average Bonchev–Trinajstić information content (AvgIpc) is 3.21. The van der Waals surface area contributed by atoms with Gasteiger partial charge in [0.2, 0.25) is 5.91 Å². The van der Waals surface area contributed by atoms with Gasteiger partial charge in [0.15, 0.2) is 11.0 Å². The monoisotopic (exact) mass is 557 g/mol. The van der Waals surface area contributed by atoms with E-state index in [1.54, 1.807) is 0 Å². The first-order valence-corrected chi connectivity index (χ1v) is 13.4. The highest BCUT2D eigenvalue weighted by atomic mass is 79.9. The van der Waals surface area contributed by atoms with E-state index < -0.39 is 0 Å². The van der Waals surface area contributed by atoms with E-state index in [-0.39, 0.29) is 29.5 Å². The Hall–Kier alpha value is -2.65. The summed E-state index contributed by atoms with van der Waals surface area (Å²) in [5, 5.41) is 15.5. The van der Waals surface area contributed by atoms with Crippen molar-refractivity contribution in [2.75, 3.05) is 11.1 Å². The highest BCUT2D eigenvalue weighted by molar-refractivity contribution is 9.10. The predicted octanol–water partition coefficient (Wildman–Crippen LogP) is 5.84. The van der Waals surface area contributed by atoms with Gasteiger partial charge in [-0.1, -0.05) is 59.2 Å². The molecule has 2 amide bonds. The van der Waals surface area contributed by atoms with E-state index >= 15 is 0 Å². The zero-order chi connectivity index (χ0) is 25.7. The van der Waals surface area contributed by atoms with Gasteiger partial charge in [0, 0.05) is 22.3 Å². The molecule has 1 aromatic heterocycles. The van der Waals surface area contributed by atoms with Crippen LogP contribution in [-0.2, 0) is 11.3 Å². The van der Waals surface area contributed by atoms with Crippen molar-refractivity contribution in [1.29, 1.82) is 0 Å². The minimum Gasteiger partial charge on any atom is -0.342 e. The number of benzene rings is 2. The number of aryl methyl sites for hydroxylation is 3. The molecule has 3 aromatic rings. The van der Waals surface area contributed by atoms with Crippen molar-refractivity contribution < 1.29 is 9.59 Å². The van der Waals surface area contributed by atoms with Crippen LogP contribution in [0.2, 0.25) is 0 Å². The van der Waals surface area contributed by atoms with Crippen LogP contribution < -0.4 is 10.6 Å². The van der Waals surface area contributed by atoms with Crippen molar-refractivity contribution in [3.63, 3.8) is 0 Å². The molecule has 0 unspecified atom stereocenters. The quantitative estimate of drug-likeness (QED) is 0.322. The van der Waals surface area contributed by atoms with Crippen LogP contribution in [0.1, 0.15) is 59.7 Å². The van der Waals surface area contributed by atoms with Gasteiger partial charge in [0.1, 0.15) is 0 Å². The van der Waals surface area contributed by atoms with Gasteiger partial charge >= 0.3 is 0 Å². The minimum atomic E-state index is -0.313. The molecule has 0 saturated heterocycles. The van der Waals surface area contributed by atoms with E-state index in [4.69, 9.17) is 0 Å². The molecule has 0 saturated carbocycles. The lowest BCUT2D eigenvalue weighted by atomic mass is 10.0. The maximum absolute atomic E-state index is 12.9. The summed E-state index contributed by atoms with van der Waals surface area (Å²) in [6.07, 6.45) is 0. The molecular weight excluding hydrogens is 526 g/mol. The van der Waals surface area contributed by atoms with E-state index in [1.807, 2.05) is 82.5 Å². The average molecular weight is 559 g/mol. The summed E-state index contributed by atoms with van der Waals surface area (Å²) in [6, 6.07) is 11.1. The summed E-state index contributed by atoms with van der Waals surface area (Å²) in [6.45, 7) is 12.6. The van der Waals surface area contributed by atoms with Gasteiger partial charge in [-0.05, 0) is 69.0 Å². The first-order chi connectivity index (χ1) is 16.6. The molecule has 1 atom stereocenters. The Morgan fingerprint density at radius 3 is 2.26 bits per heavy atom. The minimum absolute atomic E-state index is 0.100. The van der Waals surface area contributed by atoms with Crippen molar-refractivity contribution >= 4 is 45.2 Å². The van der Waals surface area contributed by atoms with Crippen molar-refractivity contribution in [3.8, 4) is 0 Å². The number of nitrogens with zero attached hydrogens (tertiary/aromatic N) is 3. The Balaban J connectivity index is 1.72. The Kier molecular flexibility index (Phi) is 9.13. The number of thioether (sulfide) groups is 1. The van der Waals surface area contributed by atoms with Crippen molar-refractivity contribution in [3.05, 3.63) is 68.9 Å². The number of carbonyl (C=O) groups excluding carboxylic acids is 2. The van der Waals surface area contributed by atoms with Gasteiger partial charge in [-0.2, -0.15) is 0 Å². The lowest BCUT2D eigenvalue weighted by Gasteiger charge is -2.22. The number of halogens is 1. The molecule has 3 rings (SSSR count). The molecule has 35 heavy (non-hydrogen) atoms. The van der Waals surface area contributed by atoms with Crippen LogP contribution in [0, 0.1) is 26.7 Å². The zero-order valence-electron chi connectivity index (χ0n) is 21.0. The largest absolute Gasteiger partial charge is 0.342 e. The Morgan fingerprint density at radius 2 is 1.69 bits per heavy atom. The molecule has 0 aliphatic heterocycles. The first kappa shape index (κ1) is 26.9. The molecule has 0 radical (unpaired) electrons.